The molecule has 0 spiro atoms. The predicted molar refractivity (Wildman–Crippen MR) is 55.6 cm³/mol. The standard InChI is InChI=1S/C10H23NO3/c1-2-3-4-5-6-7-8-11-10(13,14)9-12/h11-14H,2-9H2,1H3. The number of hydrogen-bond donors (Lipinski definition) is 4. The van der Waals surface area contributed by atoms with Gasteiger partial charge in [-0.15, -0.1) is 0 Å². The Morgan fingerprint density at radius 3 is 2.14 bits per heavy atom. The molecule has 0 saturated heterocycles. The highest BCUT2D eigenvalue weighted by molar-refractivity contribution is 4.59. The molecule has 0 amide bonds. The minimum atomic E-state index is -2.11. The van der Waals surface area contributed by atoms with E-state index >= 15 is 0 Å². The molecule has 0 atom stereocenters. The van der Waals surface area contributed by atoms with E-state index in [-0.39, 0.29) is 0 Å². The van der Waals surface area contributed by atoms with Crippen LogP contribution in [0.2, 0.25) is 0 Å². The van der Waals surface area contributed by atoms with Crippen LogP contribution in [-0.2, 0) is 0 Å². The molecule has 0 fully saturated rings. The van der Waals surface area contributed by atoms with Crippen LogP contribution < -0.4 is 5.32 Å². The van der Waals surface area contributed by atoms with Crippen molar-refractivity contribution in [3.05, 3.63) is 0 Å². The Morgan fingerprint density at radius 2 is 1.57 bits per heavy atom. The molecule has 0 aromatic heterocycles. The van der Waals surface area contributed by atoms with E-state index in [0.29, 0.717) is 6.54 Å². The summed E-state index contributed by atoms with van der Waals surface area (Å²) >= 11 is 0. The van der Waals surface area contributed by atoms with Crippen molar-refractivity contribution in [2.75, 3.05) is 13.2 Å². The first kappa shape index (κ1) is 13.8. The maximum absolute atomic E-state index is 8.96. The van der Waals surface area contributed by atoms with E-state index in [4.69, 9.17) is 15.3 Å². The molecule has 0 saturated carbocycles. The molecule has 0 aliphatic rings. The average Bonchev–Trinajstić information content (AvgIpc) is 2.16. The lowest BCUT2D eigenvalue weighted by molar-refractivity contribution is -0.208. The summed E-state index contributed by atoms with van der Waals surface area (Å²) < 4.78 is 0. The molecule has 0 aliphatic carbocycles. The highest BCUT2D eigenvalue weighted by atomic mass is 16.5. The van der Waals surface area contributed by atoms with Gasteiger partial charge in [-0.05, 0) is 6.42 Å². The molecule has 0 rings (SSSR count). The molecule has 0 aromatic rings. The number of aliphatic hydroxyl groups is 3. The van der Waals surface area contributed by atoms with Crippen LogP contribution in [0.1, 0.15) is 45.4 Å². The van der Waals surface area contributed by atoms with Crippen LogP contribution in [0.15, 0.2) is 0 Å². The van der Waals surface area contributed by atoms with Crippen molar-refractivity contribution in [2.24, 2.45) is 0 Å². The van der Waals surface area contributed by atoms with Gasteiger partial charge in [0.1, 0.15) is 6.61 Å². The predicted octanol–water partition coefficient (Wildman–Crippen LogP) is 0.567. The summed E-state index contributed by atoms with van der Waals surface area (Å²) in [5.41, 5.74) is 0. The first-order valence-corrected chi connectivity index (χ1v) is 5.43. The van der Waals surface area contributed by atoms with Gasteiger partial charge < -0.3 is 15.3 Å². The quantitative estimate of drug-likeness (QED) is 0.328. The number of nitrogens with one attached hydrogen (secondary N) is 1. The molecule has 0 radical (unpaired) electrons. The summed E-state index contributed by atoms with van der Waals surface area (Å²) in [6.45, 7) is 2.02. The highest BCUT2D eigenvalue weighted by Crippen LogP contribution is 2.04. The highest BCUT2D eigenvalue weighted by Gasteiger charge is 2.19. The molecule has 0 aliphatic heterocycles. The maximum atomic E-state index is 8.96. The SMILES string of the molecule is CCCCCCCCNC(O)(O)CO. The van der Waals surface area contributed by atoms with Gasteiger partial charge in [-0.1, -0.05) is 39.0 Å². The number of aliphatic hydroxyl groups excluding tert-OH is 1. The number of rotatable bonds is 9. The van der Waals surface area contributed by atoms with Gasteiger partial charge in [0, 0.05) is 6.54 Å². The first-order valence-electron chi connectivity index (χ1n) is 5.43. The Bertz CT molecular complexity index is 129. The van der Waals surface area contributed by atoms with Crippen LogP contribution in [0.5, 0.6) is 0 Å². The number of unbranched alkanes of at least 4 members (excludes halogenated alkanes) is 5. The van der Waals surface area contributed by atoms with Gasteiger partial charge in [0.25, 0.3) is 0 Å². The smallest absolute Gasteiger partial charge is 0.246 e. The maximum Gasteiger partial charge on any atom is 0.246 e. The van der Waals surface area contributed by atoms with Crippen molar-refractivity contribution in [1.29, 1.82) is 0 Å². The summed E-state index contributed by atoms with van der Waals surface area (Å²) in [5, 5.41) is 28.9. The van der Waals surface area contributed by atoms with Crippen molar-refractivity contribution >= 4 is 0 Å². The lowest BCUT2D eigenvalue weighted by Gasteiger charge is -2.19. The Morgan fingerprint density at radius 1 is 1.00 bits per heavy atom. The van der Waals surface area contributed by atoms with E-state index in [2.05, 4.69) is 12.2 Å². The fraction of sp³-hybridized carbons (Fsp3) is 1.00. The van der Waals surface area contributed by atoms with Crippen LogP contribution in [0.3, 0.4) is 0 Å². The fourth-order valence-electron chi connectivity index (χ4n) is 1.25. The zero-order chi connectivity index (χ0) is 10.9. The largest absolute Gasteiger partial charge is 0.389 e. The lowest BCUT2D eigenvalue weighted by atomic mass is 10.1. The second kappa shape index (κ2) is 8.17. The third kappa shape index (κ3) is 8.44. The lowest BCUT2D eigenvalue weighted by Crippen LogP contribution is -2.48. The topological polar surface area (TPSA) is 72.7 Å². The summed E-state index contributed by atoms with van der Waals surface area (Å²) in [5.74, 6) is -2.11. The van der Waals surface area contributed by atoms with E-state index in [1.807, 2.05) is 0 Å². The second-order valence-electron chi connectivity index (χ2n) is 3.67. The summed E-state index contributed by atoms with van der Waals surface area (Å²) in [6, 6.07) is 0. The number of hydrogen-bond acceptors (Lipinski definition) is 4. The molecule has 14 heavy (non-hydrogen) atoms. The van der Waals surface area contributed by atoms with Gasteiger partial charge in [0.05, 0.1) is 0 Å². The van der Waals surface area contributed by atoms with E-state index in [1.165, 1.54) is 25.7 Å². The van der Waals surface area contributed by atoms with Gasteiger partial charge in [0.15, 0.2) is 0 Å². The molecule has 4 nitrogen and oxygen atoms in total. The molecule has 4 heteroatoms. The van der Waals surface area contributed by atoms with Gasteiger partial charge in [0.2, 0.25) is 5.91 Å². The molecular formula is C10H23NO3. The third-order valence-corrected chi connectivity index (χ3v) is 2.16. The first-order chi connectivity index (χ1) is 6.62. The summed E-state index contributed by atoms with van der Waals surface area (Å²) in [6.07, 6.45) is 6.95. The van der Waals surface area contributed by atoms with Crippen LogP contribution >= 0.6 is 0 Å². The Balaban J connectivity index is 3.13. The van der Waals surface area contributed by atoms with Gasteiger partial charge in [-0.25, -0.2) is 0 Å². The fourth-order valence-corrected chi connectivity index (χ4v) is 1.25. The molecular weight excluding hydrogens is 182 g/mol. The normalized spacial score (nSPS) is 12.0. The summed E-state index contributed by atoms with van der Waals surface area (Å²) in [7, 11) is 0. The van der Waals surface area contributed by atoms with Crippen LogP contribution in [0.4, 0.5) is 0 Å². The molecule has 4 N–H and O–H groups in total. The van der Waals surface area contributed by atoms with Crippen molar-refractivity contribution < 1.29 is 15.3 Å². The molecule has 0 bridgehead atoms. The third-order valence-electron chi connectivity index (χ3n) is 2.16. The molecule has 0 heterocycles. The Hall–Kier alpha value is -0.160. The molecule has 86 valence electrons. The monoisotopic (exact) mass is 205 g/mol. The van der Waals surface area contributed by atoms with Crippen molar-refractivity contribution in [3.8, 4) is 0 Å². The Kier molecular flexibility index (Phi) is 8.08. The molecule has 0 unspecified atom stereocenters. The zero-order valence-electron chi connectivity index (χ0n) is 9.00. The van der Waals surface area contributed by atoms with Crippen LogP contribution in [0.25, 0.3) is 0 Å². The minimum Gasteiger partial charge on any atom is -0.389 e. The van der Waals surface area contributed by atoms with Crippen molar-refractivity contribution in [2.45, 2.75) is 51.4 Å². The van der Waals surface area contributed by atoms with Crippen LogP contribution in [0, 0.1) is 0 Å². The van der Waals surface area contributed by atoms with E-state index in [0.717, 1.165) is 12.8 Å². The van der Waals surface area contributed by atoms with Gasteiger partial charge in [-0.3, -0.25) is 5.32 Å². The minimum absolute atomic E-state index is 0.527. The van der Waals surface area contributed by atoms with E-state index in [9.17, 15) is 0 Å². The zero-order valence-corrected chi connectivity index (χ0v) is 9.00. The van der Waals surface area contributed by atoms with Gasteiger partial charge in [-0.2, -0.15) is 0 Å². The summed E-state index contributed by atoms with van der Waals surface area (Å²) in [4.78, 5) is 0. The molecule has 0 aromatic carbocycles. The van der Waals surface area contributed by atoms with Crippen molar-refractivity contribution in [3.63, 3.8) is 0 Å². The van der Waals surface area contributed by atoms with Crippen LogP contribution in [-0.4, -0.2) is 34.4 Å². The van der Waals surface area contributed by atoms with Gasteiger partial charge >= 0.3 is 0 Å². The Labute approximate surface area is 86.0 Å². The van der Waals surface area contributed by atoms with E-state index < -0.39 is 12.5 Å². The van der Waals surface area contributed by atoms with Crippen molar-refractivity contribution in [1.82, 2.24) is 5.32 Å². The second-order valence-corrected chi connectivity index (χ2v) is 3.67. The van der Waals surface area contributed by atoms with E-state index in [1.54, 1.807) is 0 Å². The average molecular weight is 205 g/mol.